The largest absolute Gasteiger partial charge is 0.360 e. The van der Waals surface area contributed by atoms with Crippen molar-refractivity contribution in [3.8, 4) is 11.4 Å². The Balaban J connectivity index is 1.59. The van der Waals surface area contributed by atoms with Crippen LogP contribution in [0.1, 0.15) is 74.8 Å². The van der Waals surface area contributed by atoms with E-state index in [9.17, 15) is 4.79 Å². The lowest BCUT2D eigenvalue weighted by Gasteiger charge is -2.19. The molecule has 0 unspecified atom stereocenters. The van der Waals surface area contributed by atoms with Crippen LogP contribution in [0.4, 0.5) is 5.82 Å². The SMILES string of the molecule is CCSc1ccc(CNc2nc3c(C)nc(-c4c(C)ncnc4C4CC4)nc3n([C@H](C)CC)c2=O)nc1. The van der Waals surface area contributed by atoms with E-state index in [1.54, 1.807) is 22.7 Å². The lowest BCUT2D eigenvalue weighted by Crippen LogP contribution is -2.29. The van der Waals surface area contributed by atoms with Crippen LogP contribution in [0.5, 0.6) is 0 Å². The molecule has 5 rings (SSSR count). The topological polar surface area (TPSA) is 111 Å². The van der Waals surface area contributed by atoms with Crippen molar-refractivity contribution in [2.45, 2.75) is 77.3 Å². The van der Waals surface area contributed by atoms with Crippen molar-refractivity contribution in [3.05, 3.63) is 57.8 Å². The average molecular weight is 517 g/mol. The van der Waals surface area contributed by atoms with E-state index in [4.69, 9.17) is 15.0 Å². The summed E-state index contributed by atoms with van der Waals surface area (Å²) >= 11 is 1.75. The first-order chi connectivity index (χ1) is 17.9. The van der Waals surface area contributed by atoms with E-state index < -0.39 is 0 Å². The Morgan fingerprint density at radius 1 is 1.08 bits per heavy atom. The number of anilines is 1. The number of nitrogens with one attached hydrogen (secondary N) is 1. The molecular formula is C27H32N8OS. The first-order valence-corrected chi connectivity index (χ1v) is 13.8. The smallest absolute Gasteiger partial charge is 0.295 e. The van der Waals surface area contributed by atoms with Crippen molar-refractivity contribution in [3.63, 3.8) is 0 Å². The molecule has 1 atom stereocenters. The van der Waals surface area contributed by atoms with Crippen LogP contribution in [-0.4, -0.2) is 40.2 Å². The van der Waals surface area contributed by atoms with Gasteiger partial charge in [-0.2, -0.15) is 0 Å². The maximum absolute atomic E-state index is 13.7. The summed E-state index contributed by atoms with van der Waals surface area (Å²) in [7, 11) is 0. The first-order valence-electron chi connectivity index (χ1n) is 12.9. The minimum absolute atomic E-state index is 0.0693. The molecule has 1 aliphatic rings. The van der Waals surface area contributed by atoms with Crippen molar-refractivity contribution in [1.82, 2.24) is 34.5 Å². The van der Waals surface area contributed by atoms with E-state index in [0.29, 0.717) is 35.1 Å². The second-order valence-corrected chi connectivity index (χ2v) is 10.8. The summed E-state index contributed by atoms with van der Waals surface area (Å²) in [5.74, 6) is 2.25. The molecule has 0 aliphatic heterocycles. The highest BCUT2D eigenvalue weighted by molar-refractivity contribution is 7.99. The van der Waals surface area contributed by atoms with Gasteiger partial charge in [0.05, 0.1) is 34.9 Å². The Hall–Kier alpha value is -3.40. The molecule has 0 aromatic carbocycles. The highest BCUT2D eigenvalue weighted by Gasteiger charge is 2.30. The second-order valence-electron chi connectivity index (χ2n) is 9.46. The van der Waals surface area contributed by atoms with Crippen molar-refractivity contribution in [2.75, 3.05) is 11.1 Å². The van der Waals surface area contributed by atoms with Crippen LogP contribution in [0.2, 0.25) is 0 Å². The zero-order valence-corrected chi connectivity index (χ0v) is 22.8. The van der Waals surface area contributed by atoms with Crippen LogP contribution >= 0.6 is 11.8 Å². The third-order valence-corrected chi connectivity index (χ3v) is 7.61. The van der Waals surface area contributed by atoms with Gasteiger partial charge in [-0.25, -0.2) is 24.9 Å². The number of aryl methyl sites for hydroxylation is 2. The quantitative estimate of drug-likeness (QED) is 0.299. The summed E-state index contributed by atoms with van der Waals surface area (Å²) in [6.07, 6.45) is 6.47. The summed E-state index contributed by atoms with van der Waals surface area (Å²) in [5.41, 5.74) is 5.20. The average Bonchev–Trinajstić information content (AvgIpc) is 3.74. The van der Waals surface area contributed by atoms with Gasteiger partial charge in [0.1, 0.15) is 11.8 Å². The molecule has 0 saturated heterocycles. The normalized spacial score (nSPS) is 14.2. The van der Waals surface area contributed by atoms with Gasteiger partial charge < -0.3 is 5.32 Å². The van der Waals surface area contributed by atoms with E-state index in [0.717, 1.165) is 52.6 Å². The number of pyridine rings is 1. The third kappa shape index (κ3) is 5.07. The van der Waals surface area contributed by atoms with Crippen LogP contribution in [0.3, 0.4) is 0 Å². The van der Waals surface area contributed by atoms with Crippen molar-refractivity contribution in [2.24, 2.45) is 0 Å². The number of rotatable bonds is 9. The van der Waals surface area contributed by atoms with Crippen molar-refractivity contribution in [1.29, 1.82) is 0 Å². The van der Waals surface area contributed by atoms with Gasteiger partial charge in [-0.15, -0.1) is 11.8 Å². The number of aromatic nitrogens is 7. The van der Waals surface area contributed by atoms with Gasteiger partial charge in [-0.3, -0.25) is 14.3 Å². The highest BCUT2D eigenvalue weighted by atomic mass is 32.2. The number of nitrogens with zero attached hydrogens (tertiary/aromatic N) is 7. The summed E-state index contributed by atoms with van der Waals surface area (Å²) in [5, 5.41) is 3.22. The molecular weight excluding hydrogens is 484 g/mol. The molecule has 4 aromatic rings. The Bertz CT molecular complexity index is 1500. The maximum atomic E-state index is 13.7. The van der Waals surface area contributed by atoms with Gasteiger partial charge in [-0.1, -0.05) is 13.8 Å². The van der Waals surface area contributed by atoms with Gasteiger partial charge in [0.25, 0.3) is 5.56 Å². The Morgan fingerprint density at radius 3 is 2.57 bits per heavy atom. The number of thioether (sulfide) groups is 1. The molecule has 1 saturated carbocycles. The van der Waals surface area contributed by atoms with E-state index in [-0.39, 0.29) is 17.4 Å². The molecule has 10 heteroatoms. The number of hydrogen-bond acceptors (Lipinski definition) is 9. The molecule has 9 nitrogen and oxygen atoms in total. The van der Waals surface area contributed by atoms with Crippen LogP contribution in [0, 0.1) is 13.8 Å². The monoisotopic (exact) mass is 516 g/mol. The number of hydrogen-bond donors (Lipinski definition) is 1. The summed E-state index contributed by atoms with van der Waals surface area (Å²) in [4.78, 5) is 42.8. The molecule has 0 bridgehead atoms. The summed E-state index contributed by atoms with van der Waals surface area (Å²) < 4.78 is 1.74. The minimum atomic E-state index is -0.201. The zero-order valence-electron chi connectivity index (χ0n) is 21.9. The first kappa shape index (κ1) is 25.3. The van der Waals surface area contributed by atoms with Gasteiger partial charge in [0.15, 0.2) is 17.3 Å². The fourth-order valence-corrected chi connectivity index (χ4v) is 5.04. The van der Waals surface area contributed by atoms with Gasteiger partial charge in [0.2, 0.25) is 0 Å². The van der Waals surface area contributed by atoms with Crippen LogP contribution in [0.25, 0.3) is 22.6 Å². The Labute approximate surface area is 220 Å². The van der Waals surface area contributed by atoms with Crippen LogP contribution in [0.15, 0.2) is 34.3 Å². The van der Waals surface area contributed by atoms with Gasteiger partial charge in [-0.05, 0) is 57.9 Å². The molecule has 1 fully saturated rings. The van der Waals surface area contributed by atoms with Crippen LogP contribution in [-0.2, 0) is 6.54 Å². The lowest BCUT2D eigenvalue weighted by molar-refractivity contribution is 0.526. The highest BCUT2D eigenvalue weighted by Crippen LogP contribution is 2.43. The van der Waals surface area contributed by atoms with Crippen molar-refractivity contribution < 1.29 is 0 Å². The van der Waals surface area contributed by atoms with E-state index in [1.165, 1.54) is 0 Å². The summed E-state index contributed by atoms with van der Waals surface area (Å²) in [6, 6.07) is 3.95. The standard InChI is InChI=1S/C27H32N8OS/c1-6-15(3)35-26-22(33-25(27(35)36)29-12-19-10-11-20(13-28-19)37-7-2)17(5)32-24(34-26)21-16(4)30-14-31-23(21)18-8-9-18/h10-11,13-15,18H,6-9,12H2,1-5H3,(H,29,33)/t15-/m1/s1. The molecule has 4 heterocycles. The molecule has 1 aliphatic carbocycles. The Morgan fingerprint density at radius 2 is 1.89 bits per heavy atom. The third-order valence-electron chi connectivity index (χ3n) is 6.74. The lowest BCUT2D eigenvalue weighted by atomic mass is 10.1. The molecule has 192 valence electrons. The predicted octanol–water partition coefficient (Wildman–Crippen LogP) is 5.23. The molecule has 4 aromatic heterocycles. The van der Waals surface area contributed by atoms with E-state index in [1.807, 2.05) is 39.1 Å². The Kier molecular flexibility index (Phi) is 7.19. The molecule has 0 spiro atoms. The maximum Gasteiger partial charge on any atom is 0.295 e. The fourth-order valence-electron chi connectivity index (χ4n) is 4.42. The molecule has 1 N–H and O–H groups in total. The number of fused-ring (bicyclic) bond motifs is 1. The summed E-state index contributed by atoms with van der Waals surface area (Å²) in [6.45, 7) is 10.5. The fraction of sp³-hybridized carbons (Fsp3) is 0.444. The zero-order chi connectivity index (χ0) is 26.1. The van der Waals surface area contributed by atoms with Gasteiger partial charge >= 0.3 is 0 Å². The van der Waals surface area contributed by atoms with E-state index >= 15 is 0 Å². The van der Waals surface area contributed by atoms with Crippen LogP contribution < -0.4 is 10.9 Å². The van der Waals surface area contributed by atoms with Gasteiger partial charge in [0, 0.05) is 23.1 Å². The minimum Gasteiger partial charge on any atom is -0.360 e. The van der Waals surface area contributed by atoms with E-state index in [2.05, 4.69) is 34.1 Å². The van der Waals surface area contributed by atoms with Crippen molar-refractivity contribution >= 4 is 28.7 Å². The second kappa shape index (κ2) is 10.5. The predicted molar refractivity (Wildman–Crippen MR) is 147 cm³/mol. The molecule has 0 amide bonds. The molecule has 37 heavy (non-hydrogen) atoms. The molecule has 0 radical (unpaired) electrons.